The quantitative estimate of drug-likeness (QED) is 0.881. The molecule has 2 fully saturated rings. The fourth-order valence-corrected chi connectivity index (χ4v) is 2.62. The van der Waals surface area contributed by atoms with Crippen molar-refractivity contribution in [3.63, 3.8) is 0 Å². The molecule has 0 amide bonds. The predicted molar refractivity (Wildman–Crippen MR) is 66.7 cm³/mol. The van der Waals surface area contributed by atoms with Gasteiger partial charge in [-0.05, 0) is 31.5 Å². The highest BCUT2D eigenvalue weighted by molar-refractivity contribution is 5.29. The zero-order chi connectivity index (χ0) is 13.7. The Bertz CT molecular complexity index is 473. The van der Waals surface area contributed by atoms with Crippen molar-refractivity contribution in [2.24, 2.45) is 0 Å². The third-order valence-electron chi connectivity index (χ3n) is 3.68. The predicted octanol–water partition coefficient (Wildman–Crippen LogP) is 1.61. The van der Waals surface area contributed by atoms with E-state index in [1.807, 2.05) is 31.2 Å². The molecule has 0 aromatic heterocycles. The molecule has 2 aliphatic rings. The van der Waals surface area contributed by atoms with Gasteiger partial charge >= 0.3 is 0 Å². The summed E-state index contributed by atoms with van der Waals surface area (Å²) in [5.74, 6) is -1.06. The SMILES string of the molecule is COc1ccc([C@H]2O[C@]3(C)CO[C@@](C)(O3)[C@H]2O)cc1. The Labute approximate surface area is 112 Å². The van der Waals surface area contributed by atoms with E-state index in [0.717, 1.165) is 11.3 Å². The van der Waals surface area contributed by atoms with Gasteiger partial charge in [-0.2, -0.15) is 0 Å². The number of benzene rings is 1. The monoisotopic (exact) mass is 266 g/mol. The second-order valence-corrected chi connectivity index (χ2v) is 5.30. The van der Waals surface area contributed by atoms with E-state index in [1.54, 1.807) is 14.0 Å². The van der Waals surface area contributed by atoms with Crippen LogP contribution >= 0.6 is 0 Å². The third-order valence-corrected chi connectivity index (χ3v) is 3.68. The summed E-state index contributed by atoms with van der Waals surface area (Å²) in [6.07, 6.45) is -1.35. The summed E-state index contributed by atoms with van der Waals surface area (Å²) >= 11 is 0. The van der Waals surface area contributed by atoms with Gasteiger partial charge in [-0.3, -0.25) is 0 Å². The van der Waals surface area contributed by atoms with Crippen LogP contribution in [0.25, 0.3) is 0 Å². The first-order chi connectivity index (χ1) is 8.96. The molecule has 1 aromatic rings. The van der Waals surface area contributed by atoms with E-state index < -0.39 is 23.8 Å². The summed E-state index contributed by atoms with van der Waals surface area (Å²) in [5, 5.41) is 10.4. The summed E-state index contributed by atoms with van der Waals surface area (Å²) in [6, 6.07) is 7.44. The number of aliphatic hydroxyl groups is 1. The van der Waals surface area contributed by atoms with Crippen LogP contribution in [-0.2, 0) is 14.2 Å². The molecule has 3 rings (SSSR count). The molecule has 0 unspecified atom stereocenters. The van der Waals surface area contributed by atoms with Gasteiger partial charge in [0.25, 0.3) is 0 Å². The zero-order valence-electron chi connectivity index (χ0n) is 11.3. The minimum absolute atomic E-state index is 0.313. The molecule has 1 aromatic carbocycles. The molecule has 19 heavy (non-hydrogen) atoms. The Morgan fingerprint density at radius 2 is 1.95 bits per heavy atom. The first kappa shape index (κ1) is 12.9. The summed E-state index contributed by atoms with van der Waals surface area (Å²) in [6.45, 7) is 3.87. The van der Waals surface area contributed by atoms with Crippen LogP contribution in [0.2, 0.25) is 0 Å². The standard InChI is InChI=1S/C14H18O5/c1-13-8-17-14(2,19-13)12(15)11(18-13)9-4-6-10(16-3)7-5-9/h4-7,11-12,15H,8H2,1-3H3/t11-,12+,13+,14+/m1/s1. The summed E-state index contributed by atoms with van der Waals surface area (Å²) in [4.78, 5) is 0. The van der Waals surface area contributed by atoms with Crippen LogP contribution in [-0.4, -0.2) is 36.5 Å². The van der Waals surface area contributed by atoms with Crippen LogP contribution in [0.3, 0.4) is 0 Å². The van der Waals surface area contributed by atoms with E-state index in [0.29, 0.717) is 6.61 Å². The molecule has 2 saturated heterocycles. The van der Waals surface area contributed by atoms with E-state index in [4.69, 9.17) is 18.9 Å². The van der Waals surface area contributed by atoms with Crippen LogP contribution in [0.1, 0.15) is 25.5 Å². The summed E-state index contributed by atoms with van der Waals surface area (Å²) in [5.41, 5.74) is 0.875. The van der Waals surface area contributed by atoms with E-state index in [9.17, 15) is 5.11 Å². The minimum atomic E-state index is -1.02. The lowest BCUT2D eigenvalue weighted by atomic mass is 9.97. The fraction of sp³-hybridized carbons (Fsp3) is 0.571. The maximum atomic E-state index is 10.4. The van der Waals surface area contributed by atoms with Crippen molar-refractivity contribution in [3.8, 4) is 5.75 Å². The molecule has 2 heterocycles. The minimum Gasteiger partial charge on any atom is -0.497 e. The Morgan fingerprint density at radius 1 is 1.26 bits per heavy atom. The number of fused-ring (bicyclic) bond motifs is 2. The van der Waals surface area contributed by atoms with Gasteiger partial charge in [-0.15, -0.1) is 0 Å². The highest BCUT2D eigenvalue weighted by Crippen LogP contribution is 2.47. The second-order valence-electron chi connectivity index (χ2n) is 5.30. The zero-order valence-corrected chi connectivity index (χ0v) is 11.3. The van der Waals surface area contributed by atoms with Gasteiger partial charge < -0.3 is 24.1 Å². The van der Waals surface area contributed by atoms with Gasteiger partial charge in [0.1, 0.15) is 24.6 Å². The van der Waals surface area contributed by atoms with Gasteiger partial charge in [0.05, 0.1) is 7.11 Å². The number of hydrogen-bond donors (Lipinski definition) is 1. The van der Waals surface area contributed by atoms with Crippen molar-refractivity contribution < 1.29 is 24.1 Å². The molecule has 2 bridgehead atoms. The largest absolute Gasteiger partial charge is 0.497 e. The maximum absolute atomic E-state index is 10.4. The highest BCUT2D eigenvalue weighted by atomic mass is 16.9. The lowest BCUT2D eigenvalue weighted by molar-refractivity contribution is -0.359. The van der Waals surface area contributed by atoms with Crippen molar-refractivity contribution in [2.75, 3.05) is 13.7 Å². The van der Waals surface area contributed by atoms with Gasteiger partial charge in [0.15, 0.2) is 11.6 Å². The van der Waals surface area contributed by atoms with Crippen LogP contribution in [0, 0.1) is 0 Å². The van der Waals surface area contributed by atoms with E-state index >= 15 is 0 Å². The number of ether oxygens (including phenoxy) is 4. The molecule has 5 heteroatoms. The van der Waals surface area contributed by atoms with Crippen molar-refractivity contribution in [1.29, 1.82) is 0 Å². The van der Waals surface area contributed by atoms with E-state index in [-0.39, 0.29) is 0 Å². The molecule has 1 N–H and O–H groups in total. The topological polar surface area (TPSA) is 57.2 Å². The molecule has 0 aliphatic carbocycles. The Morgan fingerprint density at radius 3 is 2.58 bits per heavy atom. The fourth-order valence-electron chi connectivity index (χ4n) is 2.62. The van der Waals surface area contributed by atoms with Crippen molar-refractivity contribution in [3.05, 3.63) is 29.8 Å². The lowest BCUT2D eigenvalue weighted by Crippen LogP contribution is -2.53. The number of rotatable bonds is 2. The Hall–Kier alpha value is -1.14. The van der Waals surface area contributed by atoms with E-state index in [2.05, 4.69) is 0 Å². The molecule has 4 atom stereocenters. The first-order valence-corrected chi connectivity index (χ1v) is 6.30. The first-order valence-electron chi connectivity index (χ1n) is 6.30. The molecule has 2 aliphatic heterocycles. The maximum Gasteiger partial charge on any atom is 0.197 e. The highest BCUT2D eigenvalue weighted by Gasteiger charge is 2.58. The van der Waals surface area contributed by atoms with Crippen molar-refractivity contribution in [1.82, 2.24) is 0 Å². The average molecular weight is 266 g/mol. The van der Waals surface area contributed by atoms with Crippen LogP contribution in [0.4, 0.5) is 0 Å². The number of hydrogen-bond acceptors (Lipinski definition) is 5. The van der Waals surface area contributed by atoms with Crippen molar-refractivity contribution >= 4 is 0 Å². The Balaban J connectivity index is 1.91. The summed E-state index contributed by atoms with van der Waals surface area (Å²) < 4.78 is 22.2. The van der Waals surface area contributed by atoms with E-state index in [1.165, 1.54) is 0 Å². The summed E-state index contributed by atoms with van der Waals surface area (Å²) in [7, 11) is 1.62. The smallest absolute Gasteiger partial charge is 0.197 e. The van der Waals surface area contributed by atoms with Gasteiger partial charge in [-0.25, -0.2) is 0 Å². The average Bonchev–Trinajstić information content (AvgIpc) is 2.68. The van der Waals surface area contributed by atoms with Gasteiger partial charge in [-0.1, -0.05) is 12.1 Å². The molecule has 5 nitrogen and oxygen atoms in total. The normalized spacial score (nSPS) is 41.3. The number of methoxy groups -OCH3 is 1. The molecular weight excluding hydrogens is 248 g/mol. The third kappa shape index (κ3) is 2.03. The second kappa shape index (κ2) is 4.18. The number of aliphatic hydroxyl groups excluding tert-OH is 1. The van der Waals surface area contributed by atoms with Gasteiger partial charge in [0, 0.05) is 0 Å². The molecule has 104 valence electrons. The molecule has 0 saturated carbocycles. The van der Waals surface area contributed by atoms with Crippen LogP contribution < -0.4 is 4.74 Å². The van der Waals surface area contributed by atoms with Crippen LogP contribution in [0.15, 0.2) is 24.3 Å². The van der Waals surface area contributed by atoms with Gasteiger partial charge in [0.2, 0.25) is 0 Å². The molecule has 0 radical (unpaired) electrons. The Kier molecular flexibility index (Phi) is 2.83. The van der Waals surface area contributed by atoms with Crippen LogP contribution in [0.5, 0.6) is 5.75 Å². The van der Waals surface area contributed by atoms with Crippen molar-refractivity contribution in [2.45, 2.75) is 37.6 Å². The molecule has 0 spiro atoms. The lowest BCUT2D eigenvalue weighted by Gasteiger charge is -2.42. The molecular formula is C14H18O5.